The number of hydrogen-bond acceptors (Lipinski definition) is 8. The Bertz CT molecular complexity index is 472. The number of halogens is 2. The summed E-state index contributed by atoms with van der Waals surface area (Å²) in [5.74, 6) is -7.71. The van der Waals surface area contributed by atoms with Gasteiger partial charge in [0.25, 0.3) is 5.92 Å². The van der Waals surface area contributed by atoms with Crippen LogP contribution in [-0.2, 0) is 38.1 Å². The highest BCUT2D eigenvalue weighted by molar-refractivity contribution is 5.81. The predicted molar refractivity (Wildman–Crippen MR) is 78.4 cm³/mol. The summed E-state index contributed by atoms with van der Waals surface area (Å²) in [6.45, 7) is 4.83. The number of carbonyl (C=O) groups is 4. The van der Waals surface area contributed by atoms with E-state index in [1.54, 1.807) is 0 Å². The molecule has 0 aromatic heterocycles. The summed E-state index contributed by atoms with van der Waals surface area (Å²) < 4.78 is 44.9. The molecular weight excluding hydrogens is 346 g/mol. The second-order valence-electron chi connectivity index (χ2n) is 4.39. The van der Waals surface area contributed by atoms with Gasteiger partial charge in [-0.05, 0) is 0 Å². The summed E-state index contributed by atoms with van der Waals surface area (Å²) in [6.07, 6.45) is -0.911. The van der Waals surface area contributed by atoms with Crippen LogP contribution < -0.4 is 0 Å². The van der Waals surface area contributed by atoms with E-state index in [2.05, 4.69) is 32.1 Å². The van der Waals surface area contributed by atoms with Gasteiger partial charge in [-0.1, -0.05) is 13.2 Å². The van der Waals surface area contributed by atoms with Crippen LogP contribution in [-0.4, -0.2) is 56.2 Å². The van der Waals surface area contributed by atoms with Crippen molar-refractivity contribution in [3.05, 3.63) is 25.3 Å². The fraction of sp³-hybridized carbons (Fsp3) is 0.467. The predicted octanol–water partition coefficient (Wildman–Crippen LogP) is 0.947. The SMILES string of the molecule is C=CC(=O)OCCOC(=O)CC(F)(F)CC(=O)OCCOC(=O)C=C. The topological polar surface area (TPSA) is 105 Å². The molecule has 0 aliphatic heterocycles. The zero-order valence-corrected chi connectivity index (χ0v) is 13.3. The molecule has 0 rings (SSSR count). The summed E-state index contributed by atoms with van der Waals surface area (Å²) in [5, 5.41) is 0. The van der Waals surface area contributed by atoms with E-state index in [-0.39, 0.29) is 13.2 Å². The maximum atomic E-state index is 13.5. The second-order valence-corrected chi connectivity index (χ2v) is 4.39. The zero-order valence-electron chi connectivity index (χ0n) is 13.3. The molecule has 0 aliphatic carbocycles. The minimum Gasteiger partial charge on any atom is -0.462 e. The van der Waals surface area contributed by atoms with Crippen LogP contribution in [0.1, 0.15) is 12.8 Å². The Balaban J connectivity index is 4.00. The van der Waals surface area contributed by atoms with Crippen molar-refractivity contribution in [3.63, 3.8) is 0 Å². The Labute approximate surface area is 142 Å². The van der Waals surface area contributed by atoms with Crippen molar-refractivity contribution in [1.29, 1.82) is 0 Å². The Morgan fingerprint density at radius 1 is 0.720 bits per heavy atom. The third kappa shape index (κ3) is 12.3. The lowest BCUT2D eigenvalue weighted by Crippen LogP contribution is -2.28. The molecule has 10 heteroatoms. The molecule has 0 spiro atoms. The maximum Gasteiger partial charge on any atom is 0.330 e. The van der Waals surface area contributed by atoms with Crippen LogP contribution >= 0.6 is 0 Å². The molecule has 140 valence electrons. The quantitative estimate of drug-likeness (QED) is 0.218. The zero-order chi connectivity index (χ0) is 19.3. The van der Waals surface area contributed by atoms with E-state index < -0.39 is 55.9 Å². The van der Waals surface area contributed by atoms with E-state index in [9.17, 15) is 28.0 Å². The lowest BCUT2D eigenvalue weighted by molar-refractivity contribution is -0.163. The average Bonchev–Trinajstić information content (AvgIpc) is 2.53. The molecule has 0 saturated carbocycles. The molecule has 0 aromatic rings. The fourth-order valence-corrected chi connectivity index (χ4v) is 1.30. The molecule has 0 radical (unpaired) electrons. The number of rotatable bonds is 12. The number of esters is 4. The Morgan fingerprint density at radius 3 is 1.36 bits per heavy atom. The minimum absolute atomic E-state index is 0.312. The minimum atomic E-state index is -3.68. The van der Waals surface area contributed by atoms with Gasteiger partial charge in [-0.15, -0.1) is 0 Å². The molecule has 0 bridgehead atoms. The van der Waals surface area contributed by atoms with Crippen LogP contribution in [0.15, 0.2) is 25.3 Å². The Kier molecular flexibility index (Phi) is 10.4. The van der Waals surface area contributed by atoms with Gasteiger partial charge in [0.2, 0.25) is 0 Å². The van der Waals surface area contributed by atoms with Crippen LogP contribution in [0.5, 0.6) is 0 Å². The van der Waals surface area contributed by atoms with Gasteiger partial charge >= 0.3 is 23.9 Å². The lowest BCUT2D eigenvalue weighted by Gasteiger charge is -2.15. The Morgan fingerprint density at radius 2 is 1.04 bits per heavy atom. The first-order valence-electron chi connectivity index (χ1n) is 6.97. The molecule has 0 N–H and O–H groups in total. The van der Waals surface area contributed by atoms with E-state index in [4.69, 9.17) is 0 Å². The molecule has 8 nitrogen and oxygen atoms in total. The molecule has 0 aromatic carbocycles. The summed E-state index contributed by atoms with van der Waals surface area (Å²) >= 11 is 0. The highest BCUT2D eigenvalue weighted by Gasteiger charge is 2.36. The van der Waals surface area contributed by atoms with Gasteiger partial charge in [-0.25, -0.2) is 18.4 Å². The van der Waals surface area contributed by atoms with Gasteiger partial charge in [0.1, 0.15) is 39.3 Å². The van der Waals surface area contributed by atoms with Gasteiger partial charge in [-0.2, -0.15) is 0 Å². The van der Waals surface area contributed by atoms with Gasteiger partial charge in [0, 0.05) is 12.2 Å². The molecule has 0 aliphatic rings. The molecule has 0 heterocycles. The monoisotopic (exact) mass is 364 g/mol. The fourth-order valence-electron chi connectivity index (χ4n) is 1.30. The largest absolute Gasteiger partial charge is 0.462 e. The normalized spacial score (nSPS) is 10.3. The van der Waals surface area contributed by atoms with Crippen LogP contribution in [0, 0.1) is 0 Å². The van der Waals surface area contributed by atoms with Gasteiger partial charge in [-0.3, -0.25) is 9.59 Å². The Hall–Kier alpha value is -2.78. The number of ether oxygens (including phenoxy) is 4. The van der Waals surface area contributed by atoms with Crippen molar-refractivity contribution < 1.29 is 46.9 Å². The number of carbonyl (C=O) groups excluding carboxylic acids is 4. The third-order valence-electron chi connectivity index (χ3n) is 2.32. The highest BCUT2D eigenvalue weighted by Crippen LogP contribution is 2.24. The summed E-state index contributed by atoms with van der Waals surface area (Å²) in [6, 6.07) is 0. The van der Waals surface area contributed by atoms with Crippen LogP contribution in [0.3, 0.4) is 0 Å². The van der Waals surface area contributed by atoms with Crippen LogP contribution in [0.25, 0.3) is 0 Å². The first-order valence-corrected chi connectivity index (χ1v) is 6.97. The number of alkyl halides is 2. The smallest absolute Gasteiger partial charge is 0.330 e. The first kappa shape index (κ1) is 22.2. The molecule has 0 saturated heterocycles. The number of hydrogen-bond donors (Lipinski definition) is 0. The molecular formula is C15H18F2O8. The van der Waals surface area contributed by atoms with Crippen molar-refractivity contribution in [2.24, 2.45) is 0 Å². The van der Waals surface area contributed by atoms with Crippen LogP contribution in [0.2, 0.25) is 0 Å². The molecule has 25 heavy (non-hydrogen) atoms. The van der Waals surface area contributed by atoms with E-state index in [0.717, 1.165) is 12.2 Å². The molecule has 0 amide bonds. The highest BCUT2D eigenvalue weighted by atomic mass is 19.3. The lowest BCUT2D eigenvalue weighted by atomic mass is 10.2. The van der Waals surface area contributed by atoms with Gasteiger partial charge in [0.05, 0.1) is 0 Å². The van der Waals surface area contributed by atoms with Crippen LogP contribution in [0.4, 0.5) is 8.78 Å². The van der Waals surface area contributed by atoms with Gasteiger partial charge in [0.15, 0.2) is 0 Å². The van der Waals surface area contributed by atoms with Crippen molar-refractivity contribution >= 4 is 23.9 Å². The molecule has 0 unspecified atom stereocenters. The van der Waals surface area contributed by atoms with Crippen molar-refractivity contribution in [1.82, 2.24) is 0 Å². The van der Waals surface area contributed by atoms with E-state index in [1.807, 2.05) is 0 Å². The first-order chi connectivity index (χ1) is 11.7. The summed E-state index contributed by atoms with van der Waals surface area (Å²) in [4.78, 5) is 43.9. The maximum absolute atomic E-state index is 13.5. The average molecular weight is 364 g/mol. The van der Waals surface area contributed by atoms with Crippen molar-refractivity contribution in [3.8, 4) is 0 Å². The second kappa shape index (κ2) is 11.7. The summed E-state index contributed by atoms with van der Waals surface area (Å²) in [7, 11) is 0. The standard InChI is InChI=1S/C15H18F2O8/c1-3-11(18)22-5-7-24-13(20)9-15(16,17)10-14(21)25-8-6-23-12(19)4-2/h3-4H,1-2,5-10H2. The van der Waals surface area contributed by atoms with E-state index in [0.29, 0.717) is 0 Å². The third-order valence-corrected chi connectivity index (χ3v) is 2.32. The van der Waals surface area contributed by atoms with Gasteiger partial charge < -0.3 is 18.9 Å². The van der Waals surface area contributed by atoms with E-state index >= 15 is 0 Å². The van der Waals surface area contributed by atoms with E-state index in [1.165, 1.54) is 0 Å². The summed E-state index contributed by atoms with van der Waals surface area (Å²) in [5.41, 5.74) is 0. The van der Waals surface area contributed by atoms with Crippen molar-refractivity contribution in [2.75, 3.05) is 26.4 Å². The molecule has 0 fully saturated rings. The molecule has 0 atom stereocenters. The van der Waals surface area contributed by atoms with Crippen molar-refractivity contribution in [2.45, 2.75) is 18.8 Å².